The highest BCUT2D eigenvalue weighted by atomic mass is 31.0. The van der Waals surface area contributed by atoms with Gasteiger partial charge in [0.05, 0.1) is 16.0 Å². The van der Waals surface area contributed by atoms with Gasteiger partial charge in [0, 0.05) is 31.9 Å². The smallest absolute Gasteiger partial charge is 0.275 e. The van der Waals surface area contributed by atoms with Crippen LogP contribution in [-0.4, -0.2) is 58.0 Å². The van der Waals surface area contributed by atoms with Gasteiger partial charge < -0.3 is 19.3 Å². The van der Waals surface area contributed by atoms with E-state index in [0.717, 1.165) is 25.0 Å². The van der Waals surface area contributed by atoms with E-state index < -0.39 is 11.3 Å². The number of allylic oxidation sites excluding steroid dienone is 4. The lowest BCUT2D eigenvalue weighted by atomic mass is 10.1. The molecule has 0 saturated carbocycles. The van der Waals surface area contributed by atoms with E-state index in [4.69, 9.17) is 4.52 Å². The van der Waals surface area contributed by atoms with Crippen LogP contribution in [0.25, 0.3) is 0 Å². The summed E-state index contributed by atoms with van der Waals surface area (Å²) in [6.45, 7) is 7.92. The van der Waals surface area contributed by atoms with Crippen molar-refractivity contribution in [3.05, 3.63) is 64.1 Å². The minimum absolute atomic E-state index is 0.0344. The van der Waals surface area contributed by atoms with Gasteiger partial charge in [0.1, 0.15) is 11.7 Å². The molecule has 31 heavy (non-hydrogen) atoms. The molecule has 0 radical (unpaired) electrons. The van der Waals surface area contributed by atoms with Gasteiger partial charge in [0.15, 0.2) is 11.4 Å². The van der Waals surface area contributed by atoms with Gasteiger partial charge in [0.25, 0.3) is 11.8 Å². The molecular formula is C22H27N4O4P. The Labute approximate surface area is 183 Å². The van der Waals surface area contributed by atoms with E-state index in [1.54, 1.807) is 16.7 Å². The van der Waals surface area contributed by atoms with Gasteiger partial charge in [-0.2, -0.15) is 0 Å². The first kappa shape index (κ1) is 21.5. The quantitative estimate of drug-likeness (QED) is 0.536. The molecule has 4 heterocycles. The summed E-state index contributed by atoms with van der Waals surface area (Å²) in [5.74, 6) is -0.821. The number of carbonyl (C=O) groups is 2. The van der Waals surface area contributed by atoms with E-state index in [0.29, 0.717) is 25.7 Å². The minimum atomic E-state index is -0.585. The zero-order valence-corrected chi connectivity index (χ0v) is 18.7. The van der Waals surface area contributed by atoms with Crippen molar-refractivity contribution in [1.29, 1.82) is 0 Å². The van der Waals surface area contributed by atoms with Crippen molar-refractivity contribution in [2.24, 2.45) is 0 Å². The number of carbonyl (C=O) groups excluding carboxylic acids is 2. The van der Waals surface area contributed by atoms with Crippen molar-refractivity contribution in [1.82, 2.24) is 19.7 Å². The molecule has 9 heteroatoms. The van der Waals surface area contributed by atoms with Gasteiger partial charge in [-0.1, -0.05) is 36.5 Å². The maximum atomic E-state index is 13.2. The second kappa shape index (κ2) is 8.81. The van der Waals surface area contributed by atoms with E-state index in [-0.39, 0.29) is 29.1 Å². The highest BCUT2D eigenvalue weighted by Gasteiger charge is 2.48. The second-order valence-electron chi connectivity index (χ2n) is 8.11. The lowest BCUT2D eigenvalue weighted by Gasteiger charge is -2.36. The van der Waals surface area contributed by atoms with Crippen molar-refractivity contribution in [2.75, 3.05) is 19.6 Å². The van der Waals surface area contributed by atoms with Crippen molar-refractivity contribution in [3.8, 4) is 5.75 Å². The molecule has 164 valence electrons. The summed E-state index contributed by atoms with van der Waals surface area (Å²) in [5, 5.41) is 2.77. The molecule has 3 atom stereocenters. The van der Waals surface area contributed by atoms with Crippen LogP contribution in [0.5, 0.6) is 5.75 Å². The summed E-state index contributed by atoms with van der Waals surface area (Å²) in [7, 11) is 2.03. The zero-order chi connectivity index (χ0) is 22.1. The van der Waals surface area contributed by atoms with Crippen LogP contribution in [0.15, 0.2) is 47.4 Å². The molecule has 2 amide bonds. The molecule has 4 rings (SSSR count). The summed E-state index contributed by atoms with van der Waals surface area (Å²) in [5.41, 5.74) is 0.509. The molecule has 1 unspecified atom stereocenters. The average Bonchev–Trinajstić information content (AvgIpc) is 3.35. The molecule has 0 spiro atoms. The van der Waals surface area contributed by atoms with Crippen molar-refractivity contribution < 1.29 is 14.1 Å². The first-order valence-corrected chi connectivity index (χ1v) is 10.9. The molecule has 2 saturated heterocycles. The first-order chi connectivity index (χ1) is 15.0. The molecular weight excluding hydrogens is 415 g/mol. The third-order valence-corrected chi connectivity index (χ3v) is 6.39. The molecule has 0 bridgehead atoms. The number of fused-ring (bicyclic) bond motifs is 4. The van der Waals surface area contributed by atoms with E-state index >= 15 is 0 Å². The number of hydrogen-bond donors (Lipinski definition) is 1. The molecule has 3 aliphatic heterocycles. The number of nitrogens with zero attached hydrogens (tertiary/aromatic N) is 3. The Balaban J connectivity index is 1.62. The Morgan fingerprint density at radius 1 is 1.35 bits per heavy atom. The number of pyridine rings is 1. The largest absolute Gasteiger partial charge is 0.474 e. The third-order valence-electron chi connectivity index (χ3n) is 6.15. The summed E-state index contributed by atoms with van der Waals surface area (Å²) in [6.07, 6.45) is 10.8. The summed E-state index contributed by atoms with van der Waals surface area (Å²) < 4.78 is 6.95. The second-order valence-corrected chi connectivity index (χ2v) is 8.34. The van der Waals surface area contributed by atoms with Gasteiger partial charge >= 0.3 is 0 Å². The Morgan fingerprint density at radius 2 is 2.16 bits per heavy atom. The number of hydrogen-bond acceptors (Lipinski definition) is 5. The van der Waals surface area contributed by atoms with Gasteiger partial charge in [-0.25, -0.2) is 0 Å². The standard InChI is InChI=1S/C22H27N4O4P/c1-3-4-5-7-14(2)10-23-21(28)16-12-24-13-17-25-9-6-8-15(25)11-26(17)22(29)18(24)20(30-31)19(16)27/h3-5,7,12,15,17H,1,6,8-11,13,31H2,2H3,(H,23,28)/b5-4-,14-7+/t15-,17+/m1/s1. The molecule has 1 N–H and O–H groups in total. The van der Waals surface area contributed by atoms with E-state index in [1.165, 1.54) is 6.20 Å². The number of rotatable bonds is 6. The highest BCUT2D eigenvalue weighted by Crippen LogP contribution is 2.35. The first-order valence-electron chi connectivity index (χ1n) is 10.4. The number of aromatic nitrogens is 1. The van der Waals surface area contributed by atoms with Crippen molar-refractivity contribution in [3.63, 3.8) is 0 Å². The van der Waals surface area contributed by atoms with Gasteiger partial charge in [0.2, 0.25) is 5.43 Å². The normalized spacial score (nSPS) is 23.0. The topological polar surface area (TPSA) is 83.9 Å². The van der Waals surface area contributed by atoms with Crippen molar-refractivity contribution in [2.45, 2.75) is 38.5 Å². The van der Waals surface area contributed by atoms with E-state index in [2.05, 4.69) is 16.8 Å². The Kier molecular flexibility index (Phi) is 6.12. The molecule has 1 aromatic heterocycles. The van der Waals surface area contributed by atoms with Crippen LogP contribution in [-0.2, 0) is 6.54 Å². The van der Waals surface area contributed by atoms with Gasteiger partial charge in [-0.3, -0.25) is 19.3 Å². The Bertz CT molecular complexity index is 1040. The fourth-order valence-electron chi connectivity index (χ4n) is 4.65. The lowest BCUT2D eigenvalue weighted by molar-refractivity contribution is 0.0516. The van der Waals surface area contributed by atoms with Crippen LogP contribution < -0.4 is 15.3 Å². The summed E-state index contributed by atoms with van der Waals surface area (Å²) in [6, 6.07) is 0.364. The average molecular weight is 442 g/mol. The third kappa shape index (κ3) is 3.86. The van der Waals surface area contributed by atoms with Gasteiger partial charge in [-0.05, 0) is 19.8 Å². The predicted molar refractivity (Wildman–Crippen MR) is 121 cm³/mol. The van der Waals surface area contributed by atoms with Crippen molar-refractivity contribution >= 4 is 21.3 Å². The molecule has 8 nitrogen and oxygen atoms in total. The number of amides is 2. The molecule has 0 aliphatic carbocycles. The van der Waals surface area contributed by atoms with Crippen LogP contribution in [0.1, 0.15) is 40.6 Å². The van der Waals surface area contributed by atoms with Gasteiger partial charge in [-0.15, -0.1) is 0 Å². The maximum Gasteiger partial charge on any atom is 0.275 e. The van der Waals surface area contributed by atoms with Crippen LogP contribution in [0.4, 0.5) is 0 Å². The van der Waals surface area contributed by atoms with E-state index in [1.807, 2.05) is 33.4 Å². The molecule has 3 aliphatic rings. The molecule has 1 aromatic rings. The summed E-state index contributed by atoms with van der Waals surface area (Å²) >= 11 is 0. The maximum absolute atomic E-state index is 13.2. The van der Waals surface area contributed by atoms with Crippen LogP contribution in [0, 0.1) is 0 Å². The molecule has 2 fully saturated rings. The predicted octanol–water partition coefficient (Wildman–Crippen LogP) is 1.70. The fourth-order valence-corrected chi connectivity index (χ4v) is 4.87. The SMILES string of the molecule is C=C/C=C\C=C(/C)CNC(=O)c1cn2c(c(OP)c1=O)C(=O)N1C[C@H]3CCCN3[C@@H]1C2. The summed E-state index contributed by atoms with van der Waals surface area (Å²) in [4.78, 5) is 43.2. The van der Waals surface area contributed by atoms with E-state index in [9.17, 15) is 14.4 Å². The Morgan fingerprint density at radius 3 is 2.90 bits per heavy atom. The minimum Gasteiger partial charge on any atom is -0.474 e. The fraction of sp³-hybridized carbons (Fsp3) is 0.409. The highest BCUT2D eigenvalue weighted by molar-refractivity contribution is 7.10. The monoisotopic (exact) mass is 442 g/mol. The lowest BCUT2D eigenvalue weighted by Crippen LogP contribution is -2.50. The van der Waals surface area contributed by atoms with Crippen LogP contribution in [0.3, 0.4) is 0 Å². The number of nitrogens with one attached hydrogen (secondary N) is 1. The van der Waals surface area contributed by atoms with Crippen LogP contribution >= 0.6 is 9.47 Å². The molecule has 0 aromatic carbocycles. The van der Waals surface area contributed by atoms with Crippen LogP contribution in [0.2, 0.25) is 0 Å². The Hall–Kier alpha value is -2.70. The zero-order valence-electron chi connectivity index (χ0n) is 17.5.